The zero-order chi connectivity index (χ0) is 31.8. The van der Waals surface area contributed by atoms with Gasteiger partial charge in [0.05, 0.1) is 12.7 Å². The van der Waals surface area contributed by atoms with Gasteiger partial charge in [-0.15, -0.1) is 0 Å². The van der Waals surface area contributed by atoms with E-state index in [1.807, 2.05) is 60.7 Å². The molecule has 0 heterocycles. The Bertz CT molecular complexity index is 969. The number of esters is 1. The van der Waals surface area contributed by atoms with Gasteiger partial charge in [-0.1, -0.05) is 145 Å². The molecule has 0 saturated heterocycles. The fraction of sp³-hybridized carbons (Fsp3) is 0.611. The van der Waals surface area contributed by atoms with Crippen LogP contribution in [-0.2, 0) is 14.3 Å². The van der Waals surface area contributed by atoms with Gasteiger partial charge in [-0.25, -0.2) is 4.79 Å². The number of benzene rings is 2. The summed E-state index contributed by atoms with van der Waals surface area (Å²) < 4.78 is 6.02. The van der Waals surface area contributed by atoms with Gasteiger partial charge in [0.25, 0.3) is 0 Å². The molecule has 2 aromatic carbocycles. The lowest BCUT2D eigenvalue weighted by molar-refractivity contribution is -0.151. The fourth-order valence-electron chi connectivity index (χ4n) is 5.06. The Morgan fingerprint density at radius 1 is 0.705 bits per heavy atom. The molecule has 4 N–H and O–H groups in total. The molecule has 246 valence electrons. The monoisotopic (exact) mass is 629 g/mol. The second-order valence-electron chi connectivity index (χ2n) is 11.6. The van der Waals surface area contributed by atoms with Gasteiger partial charge < -0.3 is 25.4 Å². The van der Waals surface area contributed by atoms with Crippen molar-refractivity contribution in [3.05, 3.63) is 71.8 Å². The number of aliphatic hydroxyl groups excluding tert-OH is 3. The quantitative estimate of drug-likeness (QED) is 0.0711. The van der Waals surface area contributed by atoms with E-state index in [4.69, 9.17) is 9.84 Å². The lowest BCUT2D eigenvalue weighted by atomic mass is 10.0. The Labute approximate surface area is 269 Å². The fourth-order valence-corrected chi connectivity index (χ4v) is 6.12. The molecule has 0 radical (unpaired) electrons. The number of hydrogen-bond acceptors (Lipinski definition) is 7. The van der Waals surface area contributed by atoms with Crippen LogP contribution in [0.15, 0.2) is 60.7 Å². The van der Waals surface area contributed by atoms with Crippen molar-refractivity contribution in [2.24, 2.45) is 0 Å². The lowest BCUT2D eigenvalue weighted by Crippen LogP contribution is -2.44. The number of amides is 1. The molecule has 0 aliphatic rings. The van der Waals surface area contributed by atoms with E-state index in [0.717, 1.165) is 30.4 Å². The van der Waals surface area contributed by atoms with Gasteiger partial charge in [-0.05, 0) is 17.5 Å². The topological polar surface area (TPSA) is 116 Å². The molecule has 0 fully saturated rings. The maximum absolute atomic E-state index is 13.5. The third-order valence-electron chi connectivity index (χ3n) is 7.77. The summed E-state index contributed by atoms with van der Waals surface area (Å²) in [5.74, 6) is -0.510. The van der Waals surface area contributed by atoms with Crippen molar-refractivity contribution < 1.29 is 29.6 Å². The molecule has 0 saturated carbocycles. The second kappa shape index (κ2) is 23.9. The third kappa shape index (κ3) is 16.1. The first kappa shape index (κ1) is 37.8. The molecule has 1 amide bonds. The number of aliphatic hydroxyl groups is 3. The Kier molecular flexibility index (Phi) is 20.5. The van der Waals surface area contributed by atoms with Crippen LogP contribution in [0.3, 0.4) is 0 Å². The van der Waals surface area contributed by atoms with E-state index >= 15 is 0 Å². The Morgan fingerprint density at radius 3 is 1.66 bits per heavy atom. The van der Waals surface area contributed by atoms with Gasteiger partial charge in [0.15, 0.2) is 6.10 Å². The van der Waals surface area contributed by atoms with Crippen LogP contribution in [-0.4, -0.2) is 63.6 Å². The van der Waals surface area contributed by atoms with Crippen molar-refractivity contribution in [1.29, 1.82) is 0 Å². The molecule has 0 aliphatic carbocycles. The smallest absolute Gasteiger partial charge is 0.330 e. The number of carbonyl (C=O) groups is 2. The van der Waals surface area contributed by atoms with Crippen LogP contribution in [0.2, 0.25) is 0 Å². The average molecular weight is 630 g/mol. The first-order valence-corrected chi connectivity index (χ1v) is 17.8. The number of carbonyl (C=O) groups excluding carboxylic acids is 2. The molecule has 0 spiro atoms. The van der Waals surface area contributed by atoms with Gasteiger partial charge in [0.1, 0.15) is 12.1 Å². The van der Waals surface area contributed by atoms with E-state index in [9.17, 15) is 19.8 Å². The molecular formula is C36H55NO6S. The average Bonchev–Trinajstić information content (AvgIpc) is 3.05. The van der Waals surface area contributed by atoms with Crippen LogP contribution >= 0.6 is 11.8 Å². The Balaban J connectivity index is 1.85. The minimum Gasteiger partial charge on any atom is -0.451 e. The highest BCUT2D eigenvalue weighted by molar-refractivity contribution is 7.99. The van der Waals surface area contributed by atoms with E-state index in [1.165, 1.54) is 76.0 Å². The molecule has 0 aliphatic heterocycles. The van der Waals surface area contributed by atoms with E-state index < -0.39 is 36.9 Å². The first-order chi connectivity index (χ1) is 21.5. The van der Waals surface area contributed by atoms with E-state index in [-0.39, 0.29) is 17.4 Å². The molecule has 0 bridgehead atoms. The molecule has 2 rings (SSSR count). The summed E-state index contributed by atoms with van der Waals surface area (Å²) >= 11 is 1.21. The van der Waals surface area contributed by atoms with Gasteiger partial charge in [-0.3, -0.25) is 4.79 Å². The van der Waals surface area contributed by atoms with Crippen molar-refractivity contribution >= 4 is 23.6 Å². The van der Waals surface area contributed by atoms with Crippen LogP contribution in [0.1, 0.15) is 114 Å². The Morgan fingerprint density at radius 2 is 1.18 bits per heavy atom. The van der Waals surface area contributed by atoms with Crippen LogP contribution in [0.25, 0.3) is 0 Å². The van der Waals surface area contributed by atoms with Crippen molar-refractivity contribution in [1.82, 2.24) is 5.32 Å². The predicted molar refractivity (Wildman–Crippen MR) is 179 cm³/mol. The number of unbranched alkanes of at least 4 members (excludes halogenated alkanes) is 12. The highest BCUT2D eigenvalue weighted by Crippen LogP contribution is 2.27. The highest BCUT2D eigenvalue weighted by atomic mass is 32.2. The van der Waals surface area contributed by atoms with E-state index in [0.29, 0.717) is 6.42 Å². The highest BCUT2D eigenvalue weighted by Gasteiger charge is 2.28. The molecule has 0 unspecified atom stereocenters. The number of ether oxygens (including phenoxy) is 1. The van der Waals surface area contributed by atoms with Crippen LogP contribution in [0.5, 0.6) is 0 Å². The van der Waals surface area contributed by atoms with Crippen LogP contribution < -0.4 is 5.32 Å². The number of nitrogens with one attached hydrogen (secondary N) is 1. The second-order valence-corrected chi connectivity index (χ2v) is 12.7. The third-order valence-corrected chi connectivity index (χ3v) is 8.92. The SMILES string of the molecule is CCCCCCCCCCCCCCCC(=O)N[C@@H](CSC[C@@H](O)[C@H](O)CO)C(=O)OC(c1ccccc1)c1ccccc1. The molecule has 2 aromatic rings. The lowest BCUT2D eigenvalue weighted by Gasteiger charge is -2.24. The summed E-state index contributed by atoms with van der Waals surface area (Å²) in [6, 6.07) is 18.0. The van der Waals surface area contributed by atoms with Crippen molar-refractivity contribution in [3.8, 4) is 0 Å². The summed E-state index contributed by atoms with van der Waals surface area (Å²) in [5.41, 5.74) is 1.64. The predicted octanol–water partition coefficient (Wildman–Crippen LogP) is 6.73. The van der Waals surface area contributed by atoms with Gasteiger partial charge in [0, 0.05) is 17.9 Å². The molecule has 8 heteroatoms. The number of thioether (sulfide) groups is 1. The largest absolute Gasteiger partial charge is 0.451 e. The molecule has 0 aromatic heterocycles. The van der Waals surface area contributed by atoms with Crippen LogP contribution in [0, 0.1) is 0 Å². The van der Waals surface area contributed by atoms with Gasteiger partial charge in [0.2, 0.25) is 5.91 Å². The zero-order valence-corrected chi connectivity index (χ0v) is 27.4. The zero-order valence-electron chi connectivity index (χ0n) is 26.6. The first-order valence-electron chi connectivity index (χ1n) is 16.6. The molecular weight excluding hydrogens is 574 g/mol. The van der Waals surface area contributed by atoms with Gasteiger partial charge in [-0.2, -0.15) is 11.8 Å². The summed E-state index contributed by atoms with van der Waals surface area (Å²) in [5, 5.41) is 31.7. The maximum Gasteiger partial charge on any atom is 0.330 e. The normalized spacial score (nSPS) is 13.4. The number of hydrogen-bond donors (Lipinski definition) is 4. The van der Waals surface area contributed by atoms with Crippen molar-refractivity contribution in [2.45, 2.75) is 121 Å². The summed E-state index contributed by atoms with van der Waals surface area (Å²) in [6.45, 7) is 1.69. The van der Waals surface area contributed by atoms with Crippen LogP contribution in [0.4, 0.5) is 0 Å². The summed E-state index contributed by atoms with van der Waals surface area (Å²) in [6.07, 6.45) is 13.2. The minimum absolute atomic E-state index is 0.0982. The van der Waals surface area contributed by atoms with Crippen molar-refractivity contribution in [3.63, 3.8) is 0 Å². The Hall–Kier alpha value is -2.39. The summed E-state index contributed by atoms with van der Waals surface area (Å²) in [7, 11) is 0. The summed E-state index contributed by atoms with van der Waals surface area (Å²) in [4.78, 5) is 26.4. The molecule has 7 nitrogen and oxygen atoms in total. The molecule has 44 heavy (non-hydrogen) atoms. The van der Waals surface area contributed by atoms with Crippen molar-refractivity contribution in [2.75, 3.05) is 18.1 Å². The van der Waals surface area contributed by atoms with Gasteiger partial charge >= 0.3 is 5.97 Å². The minimum atomic E-state index is -1.27. The number of rotatable bonds is 25. The standard InChI is InChI=1S/C36H55NO6S/c1-2-3-4-5-6-7-8-9-10-11-12-13-20-25-34(41)37-31(27-44-28-33(40)32(39)26-38)36(42)43-35(29-21-16-14-17-22-29)30-23-18-15-19-24-30/h14-19,21-24,31-33,35,38-40H,2-13,20,25-28H2,1H3,(H,37,41)/t31-,32+,33+/m0/s1. The van der Waals surface area contributed by atoms with E-state index in [2.05, 4.69) is 12.2 Å². The van der Waals surface area contributed by atoms with E-state index in [1.54, 1.807) is 0 Å². The maximum atomic E-state index is 13.5. The molecule has 3 atom stereocenters.